The number of rotatable bonds is 3. The molecule has 2 rings (SSSR count). The molecule has 0 radical (unpaired) electrons. The van der Waals surface area contributed by atoms with E-state index in [0.29, 0.717) is 18.4 Å². The Bertz CT molecular complexity index is 396. The molecule has 0 atom stereocenters. The van der Waals surface area contributed by atoms with Gasteiger partial charge in [0, 0.05) is 12.8 Å². The van der Waals surface area contributed by atoms with E-state index in [0.717, 1.165) is 19.3 Å². The molecule has 0 unspecified atom stereocenters. The molecule has 1 aliphatic carbocycles. The Balaban J connectivity index is 2.09. The first kappa shape index (κ1) is 11.8. The van der Waals surface area contributed by atoms with E-state index in [1.54, 1.807) is 24.3 Å². The zero-order chi connectivity index (χ0) is 12.1. The van der Waals surface area contributed by atoms with Crippen LogP contribution in [0.5, 0.6) is 0 Å². The van der Waals surface area contributed by atoms with Crippen LogP contribution in [-0.2, 0) is 4.74 Å². The summed E-state index contributed by atoms with van der Waals surface area (Å²) in [4.78, 5) is 22.8. The molecule has 1 aromatic rings. The van der Waals surface area contributed by atoms with Crippen molar-refractivity contribution in [3.05, 3.63) is 40.8 Å². The van der Waals surface area contributed by atoms with Crippen LogP contribution < -0.4 is 0 Å². The molecule has 1 fully saturated rings. The lowest BCUT2D eigenvalue weighted by Crippen LogP contribution is -2.34. The van der Waals surface area contributed by atoms with Gasteiger partial charge in [-0.3, -0.25) is 0 Å². The summed E-state index contributed by atoms with van der Waals surface area (Å²) in [5, 5.41) is 3.05. The van der Waals surface area contributed by atoms with Crippen molar-refractivity contribution in [3.63, 3.8) is 0 Å². The van der Waals surface area contributed by atoms with Gasteiger partial charge in [-0.15, -0.1) is 4.91 Å². The van der Waals surface area contributed by atoms with Crippen molar-refractivity contribution in [3.8, 4) is 0 Å². The molecule has 0 amide bonds. The normalized spacial score (nSPS) is 18.4. The van der Waals surface area contributed by atoms with Gasteiger partial charge in [0.25, 0.3) is 0 Å². The average Bonchev–Trinajstić information content (AvgIpc) is 2.41. The summed E-state index contributed by atoms with van der Waals surface area (Å²) < 4.78 is 5.30. The maximum atomic E-state index is 11.9. The van der Waals surface area contributed by atoms with Crippen LogP contribution in [0.15, 0.2) is 35.5 Å². The minimum atomic E-state index is -1.13. The SMILES string of the molecule is O=NC1(OC(=O)c2ccccc2)CCCCC1. The zero-order valence-corrected chi connectivity index (χ0v) is 9.59. The molecule has 0 saturated heterocycles. The second-order valence-electron chi connectivity index (χ2n) is 4.35. The molecule has 0 spiro atoms. The Morgan fingerprint density at radius 1 is 1.12 bits per heavy atom. The highest BCUT2D eigenvalue weighted by Gasteiger charge is 2.37. The van der Waals surface area contributed by atoms with Gasteiger partial charge >= 0.3 is 5.97 Å². The second kappa shape index (κ2) is 5.08. The Labute approximate surface area is 99.9 Å². The molecule has 1 saturated carbocycles. The fourth-order valence-electron chi connectivity index (χ4n) is 2.12. The lowest BCUT2D eigenvalue weighted by Gasteiger charge is -2.29. The highest BCUT2D eigenvalue weighted by Crippen LogP contribution is 2.33. The number of ether oxygens (including phenoxy) is 1. The predicted octanol–water partition coefficient (Wildman–Crippen LogP) is 3.27. The van der Waals surface area contributed by atoms with Crippen molar-refractivity contribution < 1.29 is 9.53 Å². The van der Waals surface area contributed by atoms with E-state index in [2.05, 4.69) is 5.18 Å². The molecule has 0 bridgehead atoms. The van der Waals surface area contributed by atoms with Gasteiger partial charge < -0.3 is 4.74 Å². The van der Waals surface area contributed by atoms with E-state index in [1.807, 2.05) is 6.07 Å². The molecule has 17 heavy (non-hydrogen) atoms. The van der Waals surface area contributed by atoms with Gasteiger partial charge in [-0.1, -0.05) is 24.6 Å². The molecule has 0 aromatic heterocycles. The number of nitrogens with zero attached hydrogens (tertiary/aromatic N) is 1. The Morgan fingerprint density at radius 3 is 2.35 bits per heavy atom. The third-order valence-corrected chi connectivity index (χ3v) is 3.09. The highest BCUT2D eigenvalue weighted by atomic mass is 16.6. The predicted molar refractivity (Wildman–Crippen MR) is 63.5 cm³/mol. The number of carbonyl (C=O) groups is 1. The van der Waals surface area contributed by atoms with E-state index >= 15 is 0 Å². The second-order valence-corrected chi connectivity index (χ2v) is 4.35. The van der Waals surface area contributed by atoms with E-state index in [1.165, 1.54) is 0 Å². The Hall–Kier alpha value is -1.71. The van der Waals surface area contributed by atoms with Crippen molar-refractivity contribution in [2.45, 2.75) is 37.8 Å². The molecule has 4 heteroatoms. The fraction of sp³-hybridized carbons (Fsp3) is 0.462. The van der Waals surface area contributed by atoms with Gasteiger partial charge in [0.2, 0.25) is 5.72 Å². The minimum Gasteiger partial charge on any atom is -0.430 e. The van der Waals surface area contributed by atoms with Crippen LogP contribution in [0.1, 0.15) is 42.5 Å². The topological polar surface area (TPSA) is 55.7 Å². The van der Waals surface area contributed by atoms with Crippen LogP contribution in [-0.4, -0.2) is 11.7 Å². The van der Waals surface area contributed by atoms with Crippen molar-refractivity contribution in [1.29, 1.82) is 0 Å². The first-order valence-electron chi connectivity index (χ1n) is 5.89. The average molecular weight is 233 g/mol. The minimum absolute atomic E-state index is 0.459. The third kappa shape index (κ3) is 2.70. The number of carbonyl (C=O) groups excluding carboxylic acids is 1. The van der Waals surface area contributed by atoms with Crippen LogP contribution in [0, 0.1) is 4.91 Å². The van der Waals surface area contributed by atoms with Crippen LogP contribution in [0.2, 0.25) is 0 Å². The lowest BCUT2D eigenvalue weighted by molar-refractivity contribution is -0.0334. The van der Waals surface area contributed by atoms with Gasteiger partial charge in [0.05, 0.1) is 5.56 Å². The number of nitroso groups, excluding NO2 is 1. The first-order chi connectivity index (χ1) is 8.26. The van der Waals surface area contributed by atoms with Gasteiger partial charge in [0.15, 0.2) is 0 Å². The zero-order valence-electron chi connectivity index (χ0n) is 9.59. The van der Waals surface area contributed by atoms with Crippen molar-refractivity contribution in [2.24, 2.45) is 5.18 Å². The van der Waals surface area contributed by atoms with Crippen LogP contribution in [0.25, 0.3) is 0 Å². The van der Waals surface area contributed by atoms with E-state index in [9.17, 15) is 9.70 Å². The van der Waals surface area contributed by atoms with Crippen molar-refractivity contribution in [2.75, 3.05) is 0 Å². The standard InChI is InChI=1S/C13H15NO3/c15-12(11-7-3-1-4-8-11)17-13(14-16)9-5-2-6-10-13/h1,3-4,7-8H,2,5-6,9-10H2. The fourth-order valence-corrected chi connectivity index (χ4v) is 2.12. The van der Waals surface area contributed by atoms with E-state index in [-0.39, 0.29) is 0 Å². The maximum Gasteiger partial charge on any atom is 0.340 e. The molecular formula is C13H15NO3. The molecule has 1 aliphatic rings. The van der Waals surface area contributed by atoms with Gasteiger partial charge in [0.1, 0.15) is 0 Å². The Morgan fingerprint density at radius 2 is 1.76 bits per heavy atom. The third-order valence-electron chi connectivity index (χ3n) is 3.09. The largest absolute Gasteiger partial charge is 0.430 e. The summed E-state index contributed by atoms with van der Waals surface area (Å²) in [5.74, 6) is -0.466. The summed E-state index contributed by atoms with van der Waals surface area (Å²) in [7, 11) is 0. The van der Waals surface area contributed by atoms with Crippen molar-refractivity contribution >= 4 is 5.97 Å². The molecule has 90 valence electrons. The lowest BCUT2D eigenvalue weighted by atomic mass is 9.92. The van der Waals surface area contributed by atoms with Gasteiger partial charge in [-0.05, 0) is 30.2 Å². The number of hydrogen-bond donors (Lipinski definition) is 0. The van der Waals surface area contributed by atoms with Crippen LogP contribution in [0.3, 0.4) is 0 Å². The van der Waals surface area contributed by atoms with Gasteiger partial charge in [-0.2, -0.15) is 0 Å². The highest BCUT2D eigenvalue weighted by molar-refractivity contribution is 5.89. The first-order valence-corrected chi connectivity index (χ1v) is 5.89. The van der Waals surface area contributed by atoms with E-state index < -0.39 is 11.7 Å². The molecule has 1 aromatic carbocycles. The summed E-state index contributed by atoms with van der Waals surface area (Å²) >= 11 is 0. The number of hydrogen-bond acceptors (Lipinski definition) is 4. The monoisotopic (exact) mass is 233 g/mol. The molecule has 0 N–H and O–H groups in total. The summed E-state index contributed by atoms with van der Waals surface area (Å²) in [6.07, 6.45) is 3.91. The maximum absolute atomic E-state index is 11.9. The summed E-state index contributed by atoms with van der Waals surface area (Å²) in [5.41, 5.74) is -0.674. The van der Waals surface area contributed by atoms with E-state index in [4.69, 9.17) is 4.74 Å². The molecular weight excluding hydrogens is 218 g/mol. The van der Waals surface area contributed by atoms with Gasteiger partial charge in [-0.25, -0.2) is 4.79 Å². The van der Waals surface area contributed by atoms with Crippen molar-refractivity contribution in [1.82, 2.24) is 0 Å². The smallest absolute Gasteiger partial charge is 0.340 e. The van der Waals surface area contributed by atoms with Crippen LogP contribution in [0.4, 0.5) is 0 Å². The quantitative estimate of drug-likeness (QED) is 0.594. The number of benzene rings is 1. The Kier molecular flexibility index (Phi) is 3.52. The van der Waals surface area contributed by atoms with Crippen LogP contribution >= 0.6 is 0 Å². The molecule has 0 aliphatic heterocycles. The molecule has 4 nitrogen and oxygen atoms in total. The summed E-state index contributed by atoms with van der Waals surface area (Å²) in [6, 6.07) is 8.69. The molecule has 0 heterocycles. The number of esters is 1. The summed E-state index contributed by atoms with van der Waals surface area (Å²) in [6.45, 7) is 0.